The number of pyridine rings is 8. The van der Waals surface area contributed by atoms with Crippen molar-refractivity contribution >= 4 is 55.5 Å². The Bertz CT molecular complexity index is 4180. The van der Waals surface area contributed by atoms with Crippen molar-refractivity contribution in [1.82, 2.24) is 85.1 Å². The maximum Gasteiger partial charge on any atom is 0.161 e. The van der Waals surface area contributed by atoms with E-state index in [0.29, 0.717) is 28.6 Å². The maximum atomic E-state index is 4.97. The molecule has 376 valence electrons. The number of rotatable bonds is 11. The lowest BCUT2D eigenvalue weighted by Crippen LogP contribution is -2.18. The molecule has 77 heavy (non-hydrogen) atoms. The number of anilines is 1. The molecule has 18 heteroatoms. The Kier molecular flexibility index (Phi) is 13.2. The molecule has 0 atom stereocenters. The zero-order valence-electron chi connectivity index (χ0n) is 42.1. The predicted molar refractivity (Wildman–Crippen MR) is 301 cm³/mol. The number of H-pyrrole nitrogens is 4. The second-order valence-electron chi connectivity index (χ2n) is 18.1. The summed E-state index contributed by atoms with van der Waals surface area (Å²) in [6.07, 6.45) is 20.5. The van der Waals surface area contributed by atoms with Gasteiger partial charge in [0.2, 0.25) is 0 Å². The molecule has 1 fully saturated rings. The number of likely N-dealkylation sites (tertiary alicyclic amines) is 1. The highest BCUT2D eigenvalue weighted by Crippen LogP contribution is 2.33. The van der Waals surface area contributed by atoms with E-state index in [1.165, 1.54) is 18.4 Å². The molecule has 1 aliphatic rings. The van der Waals surface area contributed by atoms with Crippen LogP contribution in [-0.4, -0.2) is 98.2 Å². The van der Waals surface area contributed by atoms with E-state index in [2.05, 4.69) is 83.1 Å². The Labute approximate surface area is 441 Å². The molecule has 1 aliphatic heterocycles. The summed E-state index contributed by atoms with van der Waals surface area (Å²) in [5, 5.41) is 18.6. The Hall–Kier alpha value is -10.2. The first-order valence-electron chi connectivity index (χ1n) is 25.4. The van der Waals surface area contributed by atoms with Crippen LogP contribution in [0.4, 0.5) is 5.69 Å². The van der Waals surface area contributed by atoms with Crippen molar-refractivity contribution in [2.24, 2.45) is 0 Å². The molecular formula is C59H50N18. The lowest BCUT2D eigenvalue weighted by Gasteiger charge is -2.14. The van der Waals surface area contributed by atoms with Crippen LogP contribution in [0.5, 0.6) is 0 Å². The summed E-state index contributed by atoms with van der Waals surface area (Å²) < 4.78 is 0. The molecule has 13 aromatic rings. The molecule has 0 radical (unpaired) electrons. The minimum absolute atomic E-state index is 0.608. The van der Waals surface area contributed by atoms with Gasteiger partial charge in [-0.15, -0.1) is 0 Å². The van der Waals surface area contributed by atoms with Crippen molar-refractivity contribution in [2.75, 3.05) is 18.4 Å². The van der Waals surface area contributed by atoms with E-state index in [9.17, 15) is 0 Å². The lowest BCUT2D eigenvalue weighted by molar-refractivity contribution is 0.331. The van der Waals surface area contributed by atoms with Gasteiger partial charge in [0, 0.05) is 90.3 Å². The summed E-state index contributed by atoms with van der Waals surface area (Å²) in [4.78, 5) is 55.2. The Morgan fingerprint density at radius 1 is 0.506 bits per heavy atom. The molecule has 12 aromatic heterocycles. The SMILES string of the molecule is C=C(Nc1cncc(-c2ccc3[nH]nc(-c4nc5c(-c6ccncc6)nccc5[nH]4)c3n2)c1)c1ccccc1.CC.c1cc(-c2nccc3[nH]c(-c4n[nH]c5ccc(-c6cncc(CN7CCCC7)c6)nc45)nc23)ccn1. The number of imidazole rings is 2. The average Bonchev–Trinajstić information content (AvgIpc) is 4.38. The van der Waals surface area contributed by atoms with Gasteiger partial charge in [-0.2, -0.15) is 10.2 Å². The number of hydrogen-bond donors (Lipinski definition) is 5. The van der Waals surface area contributed by atoms with Gasteiger partial charge in [0.1, 0.15) is 22.1 Å². The van der Waals surface area contributed by atoms with E-state index in [4.69, 9.17) is 19.9 Å². The number of nitrogens with zero attached hydrogens (tertiary/aromatic N) is 13. The fraction of sp³-hybridized carbons (Fsp3) is 0.119. The van der Waals surface area contributed by atoms with Gasteiger partial charge in [0.15, 0.2) is 23.0 Å². The molecule has 0 spiro atoms. The topological polar surface area (TPSA) is 233 Å². The van der Waals surface area contributed by atoms with E-state index in [0.717, 1.165) is 120 Å². The molecule has 0 aliphatic carbocycles. The minimum Gasteiger partial charge on any atom is -0.354 e. The summed E-state index contributed by atoms with van der Waals surface area (Å²) in [5.74, 6) is 1.25. The van der Waals surface area contributed by atoms with E-state index in [1.807, 2.05) is 123 Å². The van der Waals surface area contributed by atoms with Crippen LogP contribution in [0.2, 0.25) is 0 Å². The zero-order valence-corrected chi connectivity index (χ0v) is 42.1. The summed E-state index contributed by atoms with van der Waals surface area (Å²) in [6.45, 7) is 11.4. The van der Waals surface area contributed by atoms with Crippen molar-refractivity contribution < 1.29 is 0 Å². The Morgan fingerprint density at radius 2 is 1.03 bits per heavy atom. The van der Waals surface area contributed by atoms with Gasteiger partial charge in [-0.1, -0.05) is 50.8 Å². The third kappa shape index (κ3) is 9.86. The highest BCUT2D eigenvalue weighted by atomic mass is 15.2. The molecule has 13 heterocycles. The molecule has 5 N–H and O–H groups in total. The van der Waals surface area contributed by atoms with Crippen LogP contribution in [-0.2, 0) is 6.54 Å². The molecule has 0 unspecified atom stereocenters. The van der Waals surface area contributed by atoms with Gasteiger partial charge >= 0.3 is 0 Å². The van der Waals surface area contributed by atoms with Gasteiger partial charge in [0.05, 0.1) is 56.7 Å². The highest BCUT2D eigenvalue weighted by molar-refractivity contribution is 5.97. The number of nitrogens with one attached hydrogen (secondary N) is 5. The van der Waals surface area contributed by atoms with Crippen molar-refractivity contribution in [3.63, 3.8) is 0 Å². The van der Waals surface area contributed by atoms with Crippen molar-refractivity contribution in [2.45, 2.75) is 33.2 Å². The van der Waals surface area contributed by atoms with Gasteiger partial charge in [-0.3, -0.25) is 45.0 Å². The van der Waals surface area contributed by atoms with Crippen LogP contribution < -0.4 is 5.32 Å². The van der Waals surface area contributed by atoms with Crippen LogP contribution in [0.25, 0.3) is 118 Å². The molecule has 1 aromatic carbocycles. The standard InChI is InChI=1S/C30H21N9.C27H23N9.C2H6/c1-18(19-5-3-2-4-6-19)34-22-15-21(16-32-17-22)23-7-8-25-28(35-23)29(39-38-25)30-36-24-11-14-33-26(27(24)37-30)20-9-12-31-13-10-20;1-2-12-36(11-1)16-17-13-19(15-29-14-17)20-3-4-22-25(31-20)26(35-34-22)27-32-21-7-10-30-23(24(21)33-27)18-5-8-28-9-6-18;1-2/h2-17,34H,1H2,(H,36,37)(H,38,39);3-10,13-15H,1-2,11-12,16H2,(H,32,33)(H,34,35);1-2H3. The minimum atomic E-state index is 0.608. The van der Waals surface area contributed by atoms with E-state index in [-0.39, 0.29) is 0 Å². The van der Waals surface area contributed by atoms with Crippen LogP contribution in [0.15, 0.2) is 172 Å². The average molecular weight is 1010 g/mol. The fourth-order valence-corrected chi connectivity index (χ4v) is 9.43. The first-order valence-corrected chi connectivity index (χ1v) is 25.4. The van der Waals surface area contributed by atoms with E-state index in [1.54, 1.807) is 49.6 Å². The van der Waals surface area contributed by atoms with Crippen LogP contribution in [0.1, 0.15) is 37.8 Å². The highest BCUT2D eigenvalue weighted by Gasteiger charge is 2.20. The number of aromatic nitrogens is 16. The second-order valence-corrected chi connectivity index (χ2v) is 18.1. The number of aromatic amines is 4. The number of fused-ring (bicyclic) bond motifs is 4. The lowest BCUT2D eigenvalue weighted by atomic mass is 10.1. The van der Waals surface area contributed by atoms with Crippen molar-refractivity contribution in [1.29, 1.82) is 0 Å². The number of hydrogen-bond acceptors (Lipinski definition) is 14. The van der Waals surface area contributed by atoms with Crippen molar-refractivity contribution in [3.8, 4) is 68.1 Å². The van der Waals surface area contributed by atoms with Gasteiger partial charge < -0.3 is 15.3 Å². The summed E-state index contributed by atoms with van der Waals surface area (Å²) in [6, 6.07) is 33.6. The summed E-state index contributed by atoms with van der Waals surface area (Å²) >= 11 is 0. The van der Waals surface area contributed by atoms with E-state index < -0.39 is 0 Å². The molecule has 18 nitrogen and oxygen atoms in total. The molecule has 0 saturated carbocycles. The normalized spacial score (nSPS) is 12.4. The fourth-order valence-electron chi connectivity index (χ4n) is 9.43. The first kappa shape index (κ1) is 47.8. The van der Waals surface area contributed by atoms with E-state index >= 15 is 0 Å². The maximum absolute atomic E-state index is 4.97. The zero-order chi connectivity index (χ0) is 52.1. The largest absolute Gasteiger partial charge is 0.354 e. The third-order valence-corrected chi connectivity index (χ3v) is 13.1. The number of benzene rings is 1. The predicted octanol–water partition coefficient (Wildman–Crippen LogP) is 11.7. The third-order valence-electron chi connectivity index (χ3n) is 13.1. The van der Waals surface area contributed by atoms with Crippen LogP contribution in [0, 0.1) is 0 Å². The van der Waals surface area contributed by atoms with Gasteiger partial charge in [0.25, 0.3) is 0 Å². The molecule has 1 saturated heterocycles. The van der Waals surface area contributed by atoms with Crippen LogP contribution in [0.3, 0.4) is 0 Å². The molecular weight excluding hydrogens is 961 g/mol. The first-order chi connectivity index (χ1) is 38.0. The Balaban J connectivity index is 0.000000150. The molecule has 14 rings (SSSR count). The van der Waals surface area contributed by atoms with Crippen molar-refractivity contribution in [3.05, 3.63) is 183 Å². The van der Waals surface area contributed by atoms with Gasteiger partial charge in [-0.25, -0.2) is 19.9 Å². The van der Waals surface area contributed by atoms with Crippen LogP contribution >= 0.6 is 0 Å². The molecule has 0 amide bonds. The quantitative estimate of drug-likeness (QED) is 0.0811. The summed E-state index contributed by atoms with van der Waals surface area (Å²) in [7, 11) is 0. The Morgan fingerprint density at radius 3 is 1.58 bits per heavy atom. The second kappa shape index (κ2) is 21.3. The van der Waals surface area contributed by atoms with Gasteiger partial charge in [-0.05, 0) is 110 Å². The monoisotopic (exact) mass is 1010 g/mol. The summed E-state index contributed by atoms with van der Waals surface area (Å²) in [5.41, 5.74) is 18.5. The smallest absolute Gasteiger partial charge is 0.161 e. The molecule has 0 bridgehead atoms.